The van der Waals surface area contributed by atoms with Gasteiger partial charge in [0.2, 0.25) is 5.88 Å². The van der Waals surface area contributed by atoms with E-state index in [-0.39, 0.29) is 5.84 Å². The van der Waals surface area contributed by atoms with Crippen LogP contribution in [0.15, 0.2) is 12.3 Å². The summed E-state index contributed by atoms with van der Waals surface area (Å²) in [6.45, 7) is 2.58. The first-order valence-corrected chi connectivity index (χ1v) is 5.61. The van der Waals surface area contributed by atoms with Gasteiger partial charge in [0.25, 0.3) is 0 Å². The number of nitrogen functional groups attached to an aromatic ring is 1. The van der Waals surface area contributed by atoms with Crippen molar-refractivity contribution in [1.29, 1.82) is 5.41 Å². The highest BCUT2D eigenvalue weighted by molar-refractivity contribution is 5.98. The van der Waals surface area contributed by atoms with Gasteiger partial charge in [-0.3, -0.25) is 5.41 Å². The maximum absolute atomic E-state index is 7.51. The van der Waals surface area contributed by atoms with Gasteiger partial charge in [-0.05, 0) is 30.9 Å². The van der Waals surface area contributed by atoms with E-state index in [1.54, 1.807) is 6.20 Å². The van der Waals surface area contributed by atoms with E-state index in [0.29, 0.717) is 18.1 Å². The fourth-order valence-corrected chi connectivity index (χ4v) is 1.70. The summed E-state index contributed by atoms with van der Waals surface area (Å²) < 4.78 is 5.60. The average Bonchev–Trinajstić information content (AvgIpc) is 3.01. The third-order valence-corrected chi connectivity index (χ3v) is 2.86. The molecule has 1 heterocycles. The molecular weight excluding hydrogens is 202 g/mol. The van der Waals surface area contributed by atoms with Crippen LogP contribution in [0.3, 0.4) is 0 Å². The van der Waals surface area contributed by atoms with Crippen molar-refractivity contribution in [1.82, 2.24) is 4.98 Å². The van der Waals surface area contributed by atoms with Crippen LogP contribution in [0.25, 0.3) is 0 Å². The number of nitrogens with two attached hydrogens (primary N) is 1. The van der Waals surface area contributed by atoms with Gasteiger partial charge in [-0.1, -0.05) is 12.8 Å². The lowest BCUT2D eigenvalue weighted by Gasteiger charge is -2.11. The molecule has 0 saturated heterocycles. The van der Waals surface area contributed by atoms with Crippen LogP contribution < -0.4 is 10.5 Å². The number of ether oxygens (including phenoxy) is 1. The van der Waals surface area contributed by atoms with Crippen molar-refractivity contribution in [2.75, 3.05) is 6.61 Å². The molecule has 86 valence electrons. The van der Waals surface area contributed by atoms with Crippen molar-refractivity contribution < 1.29 is 4.74 Å². The molecule has 16 heavy (non-hydrogen) atoms. The van der Waals surface area contributed by atoms with Crippen molar-refractivity contribution in [2.45, 2.75) is 26.2 Å². The summed E-state index contributed by atoms with van der Waals surface area (Å²) in [4.78, 5) is 4.13. The number of aromatic nitrogens is 1. The Morgan fingerprint density at radius 1 is 1.62 bits per heavy atom. The van der Waals surface area contributed by atoms with Gasteiger partial charge in [-0.2, -0.15) is 0 Å². The molecule has 0 aromatic carbocycles. The second-order valence-corrected chi connectivity index (χ2v) is 4.30. The number of hydrogen-bond acceptors (Lipinski definition) is 3. The Morgan fingerprint density at radius 2 is 2.38 bits per heavy atom. The summed E-state index contributed by atoms with van der Waals surface area (Å²) in [5.41, 5.74) is 7.08. The van der Waals surface area contributed by atoms with Crippen molar-refractivity contribution >= 4 is 5.84 Å². The highest BCUT2D eigenvalue weighted by Gasteiger charge is 2.21. The molecule has 0 spiro atoms. The summed E-state index contributed by atoms with van der Waals surface area (Å²) in [5, 5.41) is 7.51. The van der Waals surface area contributed by atoms with Gasteiger partial charge in [-0.25, -0.2) is 4.98 Å². The minimum absolute atomic E-state index is 0.0204. The van der Waals surface area contributed by atoms with Crippen LogP contribution in [0, 0.1) is 18.3 Å². The highest BCUT2D eigenvalue weighted by Crippen LogP contribution is 2.32. The second kappa shape index (κ2) is 4.51. The van der Waals surface area contributed by atoms with E-state index in [0.717, 1.165) is 17.9 Å². The number of pyridine rings is 1. The molecule has 4 nitrogen and oxygen atoms in total. The SMILES string of the molecule is Cc1ccnc(OCCC2CC2)c1C(=N)N. The Morgan fingerprint density at radius 3 is 3.00 bits per heavy atom. The second-order valence-electron chi connectivity index (χ2n) is 4.30. The lowest BCUT2D eigenvalue weighted by molar-refractivity contribution is 0.290. The maximum atomic E-state index is 7.51. The Labute approximate surface area is 95.3 Å². The van der Waals surface area contributed by atoms with E-state index >= 15 is 0 Å². The third-order valence-electron chi connectivity index (χ3n) is 2.86. The largest absolute Gasteiger partial charge is 0.477 e. The first kappa shape index (κ1) is 10.9. The molecule has 1 aliphatic carbocycles. The predicted molar refractivity (Wildman–Crippen MR) is 62.8 cm³/mol. The number of rotatable bonds is 5. The van der Waals surface area contributed by atoms with Crippen molar-refractivity contribution in [3.05, 3.63) is 23.4 Å². The normalized spacial score (nSPS) is 14.8. The molecule has 2 rings (SSSR count). The molecule has 0 bridgehead atoms. The van der Waals surface area contributed by atoms with Gasteiger partial charge in [-0.15, -0.1) is 0 Å². The van der Waals surface area contributed by atoms with Crippen molar-refractivity contribution in [2.24, 2.45) is 11.7 Å². The van der Waals surface area contributed by atoms with Crippen LogP contribution in [-0.2, 0) is 0 Å². The molecule has 0 atom stereocenters. The van der Waals surface area contributed by atoms with Crippen LogP contribution in [-0.4, -0.2) is 17.4 Å². The first-order valence-electron chi connectivity index (χ1n) is 5.61. The molecular formula is C12H17N3O. The first-order chi connectivity index (χ1) is 7.68. The zero-order chi connectivity index (χ0) is 11.5. The molecule has 0 amide bonds. The fraction of sp³-hybridized carbons (Fsp3) is 0.500. The van der Waals surface area contributed by atoms with E-state index < -0.39 is 0 Å². The van der Waals surface area contributed by atoms with Crippen LogP contribution in [0.4, 0.5) is 0 Å². The zero-order valence-corrected chi connectivity index (χ0v) is 9.49. The van der Waals surface area contributed by atoms with Gasteiger partial charge >= 0.3 is 0 Å². The molecule has 1 aliphatic rings. The molecule has 1 aromatic heterocycles. The number of hydrogen-bond donors (Lipinski definition) is 2. The standard InChI is InChI=1S/C12H17N3O/c1-8-4-6-15-12(10(8)11(13)14)16-7-5-9-2-3-9/h4,6,9H,2-3,5,7H2,1H3,(H3,13,14). The topological polar surface area (TPSA) is 72.0 Å². The number of nitrogens with one attached hydrogen (secondary N) is 1. The van der Waals surface area contributed by atoms with Crippen molar-refractivity contribution in [3.63, 3.8) is 0 Å². The number of amidine groups is 1. The van der Waals surface area contributed by atoms with Gasteiger partial charge in [0.1, 0.15) is 5.84 Å². The van der Waals surface area contributed by atoms with E-state index in [1.807, 2.05) is 13.0 Å². The lowest BCUT2D eigenvalue weighted by atomic mass is 10.1. The summed E-state index contributed by atoms with van der Waals surface area (Å²) in [6.07, 6.45) is 5.41. The molecule has 1 saturated carbocycles. The highest BCUT2D eigenvalue weighted by atomic mass is 16.5. The fourth-order valence-electron chi connectivity index (χ4n) is 1.70. The van der Waals surface area contributed by atoms with E-state index in [1.165, 1.54) is 12.8 Å². The van der Waals surface area contributed by atoms with E-state index in [2.05, 4.69) is 4.98 Å². The number of nitrogens with zero attached hydrogens (tertiary/aromatic N) is 1. The summed E-state index contributed by atoms with van der Waals surface area (Å²) in [5.74, 6) is 1.35. The Kier molecular flexibility index (Phi) is 3.08. The van der Waals surface area contributed by atoms with Gasteiger partial charge in [0, 0.05) is 6.20 Å². The van der Waals surface area contributed by atoms with Gasteiger partial charge < -0.3 is 10.5 Å². The minimum atomic E-state index is 0.0204. The molecule has 0 aliphatic heterocycles. The number of aryl methyl sites for hydroxylation is 1. The van der Waals surface area contributed by atoms with E-state index in [9.17, 15) is 0 Å². The van der Waals surface area contributed by atoms with Gasteiger partial charge in [0.05, 0.1) is 12.2 Å². The van der Waals surface area contributed by atoms with E-state index in [4.69, 9.17) is 15.9 Å². The monoisotopic (exact) mass is 219 g/mol. The molecule has 4 heteroatoms. The Balaban J connectivity index is 2.05. The molecule has 1 aromatic rings. The maximum Gasteiger partial charge on any atom is 0.224 e. The predicted octanol–water partition coefficient (Wildman–Crippen LogP) is 1.85. The molecule has 0 radical (unpaired) electrons. The Hall–Kier alpha value is -1.58. The summed E-state index contributed by atoms with van der Waals surface area (Å²) >= 11 is 0. The average molecular weight is 219 g/mol. The summed E-state index contributed by atoms with van der Waals surface area (Å²) in [6, 6.07) is 1.84. The zero-order valence-electron chi connectivity index (χ0n) is 9.49. The van der Waals surface area contributed by atoms with Crippen LogP contribution in [0.1, 0.15) is 30.4 Å². The Bertz CT molecular complexity index is 399. The molecule has 1 fully saturated rings. The van der Waals surface area contributed by atoms with Gasteiger partial charge in [0.15, 0.2) is 0 Å². The van der Waals surface area contributed by atoms with Crippen LogP contribution >= 0.6 is 0 Å². The smallest absolute Gasteiger partial charge is 0.224 e. The summed E-state index contributed by atoms with van der Waals surface area (Å²) in [7, 11) is 0. The third kappa shape index (κ3) is 2.51. The molecule has 3 N–H and O–H groups in total. The van der Waals surface area contributed by atoms with Crippen molar-refractivity contribution in [3.8, 4) is 5.88 Å². The quantitative estimate of drug-likeness (QED) is 0.586. The minimum Gasteiger partial charge on any atom is -0.477 e. The molecule has 0 unspecified atom stereocenters. The van der Waals surface area contributed by atoms with Crippen LogP contribution in [0.5, 0.6) is 5.88 Å². The lowest BCUT2D eigenvalue weighted by Crippen LogP contribution is -2.16. The van der Waals surface area contributed by atoms with Crippen LogP contribution in [0.2, 0.25) is 0 Å².